The number of aromatic nitrogens is 2. The highest BCUT2D eigenvalue weighted by molar-refractivity contribution is 6.28. The van der Waals surface area contributed by atoms with Crippen LogP contribution in [0.15, 0.2) is 47.6 Å². The minimum Gasteiger partial charge on any atom is -0.387 e. The van der Waals surface area contributed by atoms with Crippen molar-refractivity contribution in [1.82, 2.24) is 9.97 Å². The number of benzene rings is 1. The van der Waals surface area contributed by atoms with E-state index in [9.17, 15) is 0 Å². The van der Waals surface area contributed by atoms with Crippen molar-refractivity contribution in [2.45, 2.75) is 18.8 Å². The molecule has 1 aromatic carbocycles. The Balaban J connectivity index is 1.61. The molecule has 0 spiro atoms. The average molecular weight is 314 g/mol. The minimum atomic E-state index is 0.135. The molecule has 2 atom stereocenters. The molecular formula is C16H16ClN5. The topological polar surface area (TPSA) is 88.0 Å². The fourth-order valence-electron chi connectivity index (χ4n) is 2.55. The van der Waals surface area contributed by atoms with Gasteiger partial charge >= 0.3 is 0 Å². The lowest BCUT2D eigenvalue weighted by atomic mass is 10.1. The summed E-state index contributed by atoms with van der Waals surface area (Å²) in [6.45, 7) is 0. The summed E-state index contributed by atoms with van der Waals surface area (Å²) in [5.41, 5.74) is 7.82. The molecule has 6 heteroatoms. The first-order chi connectivity index (χ1) is 10.6. The van der Waals surface area contributed by atoms with Crippen molar-refractivity contribution >= 4 is 29.0 Å². The van der Waals surface area contributed by atoms with E-state index in [4.69, 9.17) is 22.7 Å². The lowest BCUT2D eigenvalue weighted by molar-refractivity contribution is 1.02. The zero-order chi connectivity index (χ0) is 15.5. The second-order valence-corrected chi connectivity index (χ2v) is 5.69. The molecular weight excluding hydrogens is 298 g/mol. The third kappa shape index (κ3) is 3.49. The summed E-state index contributed by atoms with van der Waals surface area (Å²) in [6, 6.07) is 11.9. The number of rotatable bonds is 5. The monoisotopic (exact) mass is 313 g/mol. The molecule has 0 amide bonds. The molecule has 0 bridgehead atoms. The molecule has 2 aromatic rings. The van der Waals surface area contributed by atoms with E-state index in [0.29, 0.717) is 29.7 Å². The van der Waals surface area contributed by atoms with Crippen LogP contribution in [-0.4, -0.2) is 21.5 Å². The summed E-state index contributed by atoms with van der Waals surface area (Å²) < 4.78 is 0. The molecule has 2 unspecified atom stereocenters. The van der Waals surface area contributed by atoms with Gasteiger partial charge in [0.2, 0.25) is 5.28 Å². The molecule has 1 aliphatic rings. The molecule has 0 aliphatic heterocycles. The zero-order valence-electron chi connectivity index (χ0n) is 11.9. The lowest BCUT2D eigenvalue weighted by Crippen LogP contribution is -2.17. The highest BCUT2D eigenvalue weighted by Crippen LogP contribution is 2.48. The van der Waals surface area contributed by atoms with Crippen molar-refractivity contribution in [3.8, 4) is 0 Å². The van der Waals surface area contributed by atoms with Gasteiger partial charge in [0, 0.05) is 30.3 Å². The van der Waals surface area contributed by atoms with E-state index >= 15 is 0 Å². The fraction of sp³-hybridized carbons (Fsp3) is 0.250. The van der Waals surface area contributed by atoms with Gasteiger partial charge in [-0.2, -0.15) is 4.98 Å². The standard InChI is InChI=1S/C16H16ClN5/c17-16-20-7-6-15(22-16)21-14(19)9-13(18)12-8-11(12)10-4-2-1-3-5-10/h1-7,11-12,18H,8-9H2,(H2,19,20,21,22). The summed E-state index contributed by atoms with van der Waals surface area (Å²) in [7, 11) is 0. The molecule has 112 valence electrons. The quantitative estimate of drug-likeness (QED) is 0.504. The Bertz CT molecular complexity index is 713. The molecule has 0 saturated heterocycles. The largest absolute Gasteiger partial charge is 0.387 e. The van der Waals surface area contributed by atoms with Crippen LogP contribution in [0.3, 0.4) is 0 Å². The maximum absolute atomic E-state index is 8.20. The van der Waals surface area contributed by atoms with Gasteiger partial charge in [0.15, 0.2) is 5.82 Å². The maximum Gasteiger partial charge on any atom is 0.224 e. The Morgan fingerprint density at radius 2 is 2.09 bits per heavy atom. The van der Waals surface area contributed by atoms with E-state index in [1.165, 1.54) is 11.8 Å². The smallest absolute Gasteiger partial charge is 0.224 e. The summed E-state index contributed by atoms with van der Waals surface area (Å²) in [5, 5.41) is 8.34. The van der Waals surface area contributed by atoms with Crippen molar-refractivity contribution in [2.24, 2.45) is 16.6 Å². The molecule has 22 heavy (non-hydrogen) atoms. The van der Waals surface area contributed by atoms with Crippen LogP contribution in [0.4, 0.5) is 5.82 Å². The molecule has 1 heterocycles. The van der Waals surface area contributed by atoms with E-state index < -0.39 is 0 Å². The number of halogens is 1. The normalized spacial score (nSPS) is 20.7. The second-order valence-electron chi connectivity index (χ2n) is 5.35. The third-order valence-electron chi connectivity index (χ3n) is 3.71. The Hall–Kier alpha value is -2.27. The number of nitrogens with zero attached hydrogens (tertiary/aromatic N) is 3. The van der Waals surface area contributed by atoms with E-state index in [1.807, 2.05) is 18.2 Å². The fourth-order valence-corrected chi connectivity index (χ4v) is 2.69. The molecule has 1 fully saturated rings. The predicted molar refractivity (Wildman–Crippen MR) is 88.0 cm³/mol. The molecule has 3 rings (SSSR count). The average Bonchev–Trinajstić information content (AvgIpc) is 3.28. The summed E-state index contributed by atoms with van der Waals surface area (Å²) in [5.74, 6) is 1.50. The van der Waals surface area contributed by atoms with Crippen LogP contribution < -0.4 is 5.73 Å². The Labute approximate surface area is 133 Å². The zero-order valence-corrected chi connectivity index (χ0v) is 12.7. The van der Waals surface area contributed by atoms with Crippen LogP contribution in [0.5, 0.6) is 0 Å². The minimum absolute atomic E-state index is 0.135. The molecule has 5 nitrogen and oxygen atoms in total. The van der Waals surface area contributed by atoms with Gasteiger partial charge in [0.1, 0.15) is 5.84 Å². The van der Waals surface area contributed by atoms with Gasteiger partial charge in [-0.05, 0) is 29.5 Å². The van der Waals surface area contributed by atoms with Crippen LogP contribution in [0.2, 0.25) is 5.28 Å². The first kappa shape index (κ1) is 14.7. The molecule has 3 N–H and O–H groups in total. The first-order valence-electron chi connectivity index (χ1n) is 7.07. The number of aliphatic imine (C=N–C) groups is 1. The van der Waals surface area contributed by atoms with E-state index in [0.717, 1.165) is 6.42 Å². The van der Waals surface area contributed by atoms with Gasteiger partial charge in [-0.3, -0.25) is 0 Å². The number of nitrogens with two attached hydrogens (primary N) is 1. The van der Waals surface area contributed by atoms with Crippen molar-refractivity contribution in [2.75, 3.05) is 0 Å². The van der Waals surface area contributed by atoms with Gasteiger partial charge in [0.05, 0.1) is 0 Å². The maximum atomic E-state index is 8.20. The Kier molecular flexibility index (Phi) is 4.15. The van der Waals surface area contributed by atoms with Crippen LogP contribution in [-0.2, 0) is 0 Å². The summed E-state index contributed by atoms with van der Waals surface area (Å²) in [6.07, 6.45) is 2.89. The van der Waals surface area contributed by atoms with Crippen LogP contribution in [0, 0.1) is 11.3 Å². The lowest BCUT2D eigenvalue weighted by Gasteiger charge is -2.04. The summed E-state index contributed by atoms with van der Waals surface area (Å²) in [4.78, 5) is 11.9. The van der Waals surface area contributed by atoms with Gasteiger partial charge in [-0.1, -0.05) is 30.3 Å². The number of nitrogens with one attached hydrogen (secondary N) is 1. The van der Waals surface area contributed by atoms with Gasteiger partial charge in [0.25, 0.3) is 0 Å². The molecule has 1 aromatic heterocycles. The summed E-state index contributed by atoms with van der Waals surface area (Å²) >= 11 is 5.71. The first-order valence-corrected chi connectivity index (χ1v) is 7.45. The van der Waals surface area contributed by atoms with Crippen LogP contribution in [0.25, 0.3) is 0 Å². The van der Waals surface area contributed by atoms with Crippen molar-refractivity contribution in [3.63, 3.8) is 0 Å². The Morgan fingerprint density at radius 1 is 1.32 bits per heavy atom. The van der Waals surface area contributed by atoms with E-state index in [-0.39, 0.29) is 11.2 Å². The third-order valence-corrected chi connectivity index (χ3v) is 3.89. The number of hydrogen-bond donors (Lipinski definition) is 2. The predicted octanol–water partition coefficient (Wildman–Crippen LogP) is 3.33. The highest BCUT2D eigenvalue weighted by atomic mass is 35.5. The van der Waals surface area contributed by atoms with Crippen molar-refractivity contribution in [3.05, 3.63) is 53.4 Å². The Morgan fingerprint density at radius 3 is 2.82 bits per heavy atom. The SMILES string of the molecule is N=C(CC(N)=Nc1ccnc(Cl)n1)C1CC1c1ccccc1. The van der Waals surface area contributed by atoms with Crippen molar-refractivity contribution < 1.29 is 0 Å². The van der Waals surface area contributed by atoms with Crippen molar-refractivity contribution in [1.29, 1.82) is 5.41 Å². The number of amidine groups is 1. The van der Waals surface area contributed by atoms with Gasteiger partial charge in [-0.15, -0.1) is 0 Å². The van der Waals surface area contributed by atoms with Crippen LogP contribution >= 0.6 is 11.6 Å². The molecule has 1 aliphatic carbocycles. The van der Waals surface area contributed by atoms with Crippen LogP contribution in [0.1, 0.15) is 24.3 Å². The highest BCUT2D eigenvalue weighted by Gasteiger charge is 2.41. The van der Waals surface area contributed by atoms with E-state index in [1.54, 1.807) is 6.07 Å². The number of hydrogen-bond acceptors (Lipinski definition) is 4. The van der Waals surface area contributed by atoms with Gasteiger partial charge < -0.3 is 11.1 Å². The molecule has 0 radical (unpaired) electrons. The van der Waals surface area contributed by atoms with E-state index in [2.05, 4.69) is 27.1 Å². The second kappa shape index (κ2) is 6.23. The molecule has 1 saturated carbocycles. The van der Waals surface area contributed by atoms with Gasteiger partial charge in [-0.25, -0.2) is 9.98 Å².